The molecular weight excluding hydrogens is 300 g/mol. The Morgan fingerprint density at radius 3 is 3.05 bits per heavy atom. The Labute approximate surface area is 134 Å². The normalized spacial score (nSPS) is 17.6. The summed E-state index contributed by atoms with van der Waals surface area (Å²) in [6.45, 7) is 2.38. The number of nitrogens with one attached hydrogen (secondary N) is 1. The molecule has 0 aliphatic carbocycles. The van der Waals surface area contributed by atoms with Crippen molar-refractivity contribution in [3.05, 3.63) is 52.8 Å². The van der Waals surface area contributed by atoms with Crippen LogP contribution in [0, 0.1) is 0 Å². The van der Waals surface area contributed by atoms with Gasteiger partial charge in [-0.15, -0.1) is 0 Å². The molecular formula is C16H19ClN4O. The molecule has 2 aromatic rings. The topological polar surface area (TPSA) is 50.2 Å². The van der Waals surface area contributed by atoms with E-state index >= 15 is 0 Å². The predicted molar refractivity (Wildman–Crippen MR) is 86.1 cm³/mol. The average Bonchev–Trinajstić information content (AvgIpc) is 3.19. The lowest BCUT2D eigenvalue weighted by Crippen LogP contribution is -2.38. The first kappa shape index (κ1) is 15.1. The fraction of sp³-hybridized carbons (Fsp3) is 0.375. The molecule has 6 heteroatoms. The number of amides is 1. The second-order valence-corrected chi connectivity index (χ2v) is 5.99. The van der Waals surface area contributed by atoms with E-state index in [2.05, 4.69) is 10.4 Å². The highest BCUT2D eigenvalue weighted by atomic mass is 35.5. The summed E-state index contributed by atoms with van der Waals surface area (Å²) in [6.07, 6.45) is 4.40. The molecule has 0 bridgehead atoms. The number of nitrogens with zero attached hydrogens (tertiary/aromatic N) is 3. The van der Waals surface area contributed by atoms with Gasteiger partial charge < -0.3 is 10.2 Å². The summed E-state index contributed by atoms with van der Waals surface area (Å²) in [5.74, 6) is 0.0131. The highest BCUT2D eigenvalue weighted by molar-refractivity contribution is 6.31. The van der Waals surface area contributed by atoms with Gasteiger partial charge in [0.15, 0.2) is 0 Å². The first-order valence-corrected chi connectivity index (χ1v) is 7.76. The lowest BCUT2D eigenvalue weighted by atomic mass is 10.2. The minimum Gasteiger partial charge on any atom is -0.337 e. The molecule has 0 unspecified atom stereocenters. The quantitative estimate of drug-likeness (QED) is 0.938. The smallest absolute Gasteiger partial charge is 0.257 e. The lowest BCUT2D eigenvalue weighted by Gasteiger charge is -2.23. The number of halogens is 1. The molecule has 0 saturated carbocycles. The Morgan fingerprint density at radius 2 is 2.32 bits per heavy atom. The molecule has 0 radical (unpaired) electrons. The third-order valence-corrected chi connectivity index (χ3v) is 4.44. The van der Waals surface area contributed by atoms with Crippen molar-refractivity contribution in [2.45, 2.75) is 19.0 Å². The number of rotatable bonds is 4. The molecule has 1 atom stereocenters. The monoisotopic (exact) mass is 318 g/mol. The van der Waals surface area contributed by atoms with Crippen LogP contribution in [0.5, 0.6) is 0 Å². The molecule has 1 aliphatic heterocycles. The third kappa shape index (κ3) is 3.15. The first-order valence-electron chi connectivity index (χ1n) is 7.39. The summed E-state index contributed by atoms with van der Waals surface area (Å²) < 4.78 is 1.75. The second-order valence-electron chi connectivity index (χ2n) is 5.58. The molecule has 0 spiro atoms. The molecule has 2 heterocycles. The van der Waals surface area contributed by atoms with Crippen LogP contribution in [-0.2, 0) is 6.54 Å². The number of hydrogen-bond donors (Lipinski definition) is 1. The van der Waals surface area contributed by atoms with Gasteiger partial charge in [-0.1, -0.05) is 29.8 Å². The van der Waals surface area contributed by atoms with Crippen LogP contribution in [0.25, 0.3) is 0 Å². The number of likely N-dealkylation sites (N-methyl/N-ethyl adjacent to an activating group) is 1. The molecule has 1 aromatic heterocycles. The van der Waals surface area contributed by atoms with Gasteiger partial charge in [0.25, 0.3) is 5.91 Å². The summed E-state index contributed by atoms with van der Waals surface area (Å²) in [6, 6.07) is 7.92. The van der Waals surface area contributed by atoms with Gasteiger partial charge in [-0.3, -0.25) is 9.48 Å². The van der Waals surface area contributed by atoms with Gasteiger partial charge in [0, 0.05) is 30.9 Å². The maximum atomic E-state index is 12.5. The zero-order valence-electron chi connectivity index (χ0n) is 12.5. The number of aromatic nitrogens is 2. The van der Waals surface area contributed by atoms with E-state index in [4.69, 9.17) is 11.6 Å². The molecule has 3 rings (SSSR count). The van der Waals surface area contributed by atoms with Crippen LogP contribution < -0.4 is 5.32 Å². The Morgan fingerprint density at radius 1 is 1.50 bits per heavy atom. The van der Waals surface area contributed by atoms with Crippen LogP contribution in [0.3, 0.4) is 0 Å². The minimum atomic E-state index is 0.0131. The van der Waals surface area contributed by atoms with Crippen molar-refractivity contribution in [2.75, 3.05) is 20.1 Å². The van der Waals surface area contributed by atoms with Crippen LogP contribution in [0.15, 0.2) is 36.7 Å². The van der Waals surface area contributed by atoms with Gasteiger partial charge in [0.05, 0.1) is 18.3 Å². The molecule has 116 valence electrons. The largest absolute Gasteiger partial charge is 0.337 e. The van der Waals surface area contributed by atoms with Crippen LogP contribution in [0.4, 0.5) is 0 Å². The number of carbonyl (C=O) groups excluding carboxylic acids is 1. The molecule has 1 N–H and O–H groups in total. The molecule has 1 amide bonds. The van der Waals surface area contributed by atoms with E-state index in [9.17, 15) is 4.79 Å². The second kappa shape index (κ2) is 6.50. The fourth-order valence-electron chi connectivity index (χ4n) is 2.70. The number of carbonyl (C=O) groups is 1. The van der Waals surface area contributed by atoms with Crippen molar-refractivity contribution in [3.8, 4) is 0 Å². The van der Waals surface area contributed by atoms with E-state index in [0.29, 0.717) is 17.1 Å². The number of hydrogen-bond acceptors (Lipinski definition) is 3. The van der Waals surface area contributed by atoms with Crippen LogP contribution in [-0.4, -0.2) is 46.8 Å². The predicted octanol–water partition coefficient (Wildman–Crippen LogP) is 2.02. The summed E-state index contributed by atoms with van der Waals surface area (Å²) in [5, 5.41) is 8.26. The highest BCUT2D eigenvalue weighted by Crippen LogP contribution is 2.17. The van der Waals surface area contributed by atoms with Gasteiger partial charge in [-0.05, 0) is 24.6 Å². The zero-order valence-corrected chi connectivity index (χ0v) is 13.3. The fourth-order valence-corrected chi connectivity index (χ4v) is 2.90. The van der Waals surface area contributed by atoms with Gasteiger partial charge in [0.2, 0.25) is 0 Å². The van der Waals surface area contributed by atoms with Crippen LogP contribution >= 0.6 is 11.6 Å². The van der Waals surface area contributed by atoms with Crippen molar-refractivity contribution < 1.29 is 4.79 Å². The Bertz CT molecular complexity index is 664. The van der Waals surface area contributed by atoms with E-state index in [1.165, 1.54) is 0 Å². The molecule has 1 aromatic carbocycles. The van der Waals surface area contributed by atoms with E-state index in [-0.39, 0.29) is 11.9 Å². The standard InChI is InChI=1S/C16H19ClN4O/c1-20(14-6-7-18-9-14)16(22)13-8-19-21(11-13)10-12-4-2-3-5-15(12)17/h2-5,8,11,14,18H,6-7,9-10H2,1H3/t14-/m1/s1. The minimum absolute atomic E-state index is 0.0131. The van der Waals surface area contributed by atoms with Crippen LogP contribution in [0.1, 0.15) is 22.3 Å². The lowest BCUT2D eigenvalue weighted by molar-refractivity contribution is 0.0743. The van der Waals surface area contributed by atoms with Gasteiger partial charge in [0.1, 0.15) is 0 Å². The molecule has 1 aliphatic rings. The van der Waals surface area contributed by atoms with E-state index in [0.717, 1.165) is 25.1 Å². The van der Waals surface area contributed by atoms with Gasteiger partial charge >= 0.3 is 0 Å². The molecule has 5 nitrogen and oxygen atoms in total. The molecule has 1 fully saturated rings. The van der Waals surface area contributed by atoms with Crippen LogP contribution in [0.2, 0.25) is 5.02 Å². The van der Waals surface area contributed by atoms with Crippen molar-refractivity contribution in [1.29, 1.82) is 0 Å². The summed E-state index contributed by atoms with van der Waals surface area (Å²) in [5.41, 5.74) is 1.60. The summed E-state index contributed by atoms with van der Waals surface area (Å²) >= 11 is 6.16. The van der Waals surface area contributed by atoms with Gasteiger partial charge in [-0.2, -0.15) is 5.10 Å². The van der Waals surface area contributed by atoms with Crippen molar-refractivity contribution in [1.82, 2.24) is 20.0 Å². The zero-order chi connectivity index (χ0) is 15.5. The third-order valence-electron chi connectivity index (χ3n) is 4.07. The molecule has 22 heavy (non-hydrogen) atoms. The van der Waals surface area contributed by atoms with Gasteiger partial charge in [-0.25, -0.2) is 0 Å². The van der Waals surface area contributed by atoms with Crippen molar-refractivity contribution in [2.24, 2.45) is 0 Å². The van der Waals surface area contributed by atoms with E-state index in [1.807, 2.05) is 31.3 Å². The highest BCUT2D eigenvalue weighted by Gasteiger charge is 2.24. The van der Waals surface area contributed by atoms with E-state index in [1.54, 1.807) is 22.0 Å². The average molecular weight is 319 g/mol. The maximum absolute atomic E-state index is 12.5. The Balaban J connectivity index is 1.70. The molecule has 1 saturated heterocycles. The SMILES string of the molecule is CN(C(=O)c1cnn(Cc2ccccc2Cl)c1)[C@@H]1CCNC1. The number of benzene rings is 1. The van der Waals surface area contributed by atoms with Crippen molar-refractivity contribution >= 4 is 17.5 Å². The Kier molecular flexibility index (Phi) is 4.45. The van der Waals surface area contributed by atoms with E-state index < -0.39 is 0 Å². The summed E-state index contributed by atoms with van der Waals surface area (Å²) in [4.78, 5) is 14.3. The summed E-state index contributed by atoms with van der Waals surface area (Å²) in [7, 11) is 1.85. The van der Waals surface area contributed by atoms with Crippen molar-refractivity contribution in [3.63, 3.8) is 0 Å². The Hall–Kier alpha value is -1.85. The maximum Gasteiger partial charge on any atom is 0.257 e. The first-order chi connectivity index (χ1) is 10.6.